The molecule has 0 bridgehead atoms. The van der Waals surface area contributed by atoms with Crippen molar-refractivity contribution >= 4 is 27.3 Å². The lowest BCUT2D eigenvalue weighted by atomic mass is 10.0. The average molecular weight is 328 g/mol. The van der Waals surface area contributed by atoms with E-state index >= 15 is 0 Å². The zero-order valence-corrected chi connectivity index (χ0v) is 12.5. The molecule has 1 aromatic heterocycles. The van der Waals surface area contributed by atoms with Gasteiger partial charge < -0.3 is 5.32 Å². The van der Waals surface area contributed by atoms with E-state index in [-0.39, 0.29) is 11.9 Å². The molecule has 0 saturated carbocycles. The second-order valence-electron chi connectivity index (χ2n) is 4.11. The molecule has 96 valence electrons. The fourth-order valence-corrected chi connectivity index (χ4v) is 3.03. The van der Waals surface area contributed by atoms with E-state index in [0.29, 0.717) is 0 Å². The lowest BCUT2D eigenvalue weighted by Crippen LogP contribution is -2.23. The van der Waals surface area contributed by atoms with Crippen molar-refractivity contribution in [1.82, 2.24) is 5.32 Å². The van der Waals surface area contributed by atoms with Crippen molar-refractivity contribution < 1.29 is 4.39 Å². The molecule has 2 aromatic rings. The first-order valence-electron chi connectivity index (χ1n) is 5.92. The second-order valence-corrected chi connectivity index (χ2v) is 5.74. The van der Waals surface area contributed by atoms with E-state index in [1.165, 1.54) is 11.6 Å². The Balaban J connectivity index is 2.36. The van der Waals surface area contributed by atoms with Crippen molar-refractivity contribution in [3.05, 3.63) is 56.4 Å². The minimum Gasteiger partial charge on any atom is -0.306 e. The van der Waals surface area contributed by atoms with Crippen LogP contribution in [0.1, 0.15) is 30.5 Å². The van der Waals surface area contributed by atoms with Crippen LogP contribution >= 0.6 is 27.3 Å². The lowest BCUT2D eigenvalue weighted by Gasteiger charge is -2.19. The summed E-state index contributed by atoms with van der Waals surface area (Å²) in [5.74, 6) is -0.202. The number of halogens is 2. The number of benzene rings is 1. The van der Waals surface area contributed by atoms with E-state index in [9.17, 15) is 4.39 Å². The predicted octanol–water partition coefficient (Wildman–Crippen LogP) is 4.74. The molecule has 1 N–H and O–H groups in total. The quantitative estimate of drug-likeness (QED) is 0.836. The molecule has 0 aliphatic heterocycles. The molecule has 1 unspecified atom stereocenters. The Kier molecular flexibility index (Phi) is 4.92. The third kappa shape index (κ3) is 3.19. The predicted molar refractivity (Wildman–Crippen MR) is 78.6 cm³/mol. The maximum absolute atomic E-state index is 13.4. The number of hydrogen-bond acceptors (Lipinski definition) is 2. The van der Waals surface area contributed by atoms with Crippen LogP contribution in [-0.4, -0.2) is 6.54 Å². The second kappa shape index (κ2) is 6.45. The van der Waals surface area contributed by atoms with Crippen LogP contribution in [0.15, 0.2) is 39.5 Å². The first-order chi connectivity index (χ1) is 8.72. The van der Waals surface area contributed by atoms with E-state index < -0.39 is 0 Å². The third-order valence-electron chi connectivity index (χ3n) is 2.74. The van der Waals surface area contributed by atoms with Gasteiger partial charge in [-0.15, -0.1) is 0 Å². The van der Waals surface area contributed by atoms with Crippen molar-refractivity contribution in [2.45, 2.75) is 19.4 Å². The molecule has 4 heteroatoms. The zero-order chi connectivity index (χ0) is 13.0. The Morgan fingerprint density at radius 2 is 2.22 bits per heavy atom. The van der Waals surface area contributed by atoms with Gasteiger partial charge in [0, 0.05) is 4.47 Å². The first kappa shape index (κ1) is 13.7. The summed E-state index contributed by atoms with van der Waals surface area (Å²) in [6.07, 6.45) is 1.05. The van der Waals surface area contributed by atoms with Gasteiger partial charge in [0.05, 0.1) is 6.04 Å². The fourth-order valence-electron chi connectivity index (χ4n) is 1.87. The van der Waals surface area contributed by atoms with Crippen molar-refractivity contribution in [3.63, 3.8) is 0 Å². The monoisotopic (exact) mass is 327 g/mol. The van der Waals surface area contributed by atoms with Gasteiger partial charge in [0.2, 0.25) is 0 Å². The molecule has 2 rings (SSSR count). The lowest BCUT2D eigenvalue weighted by molar-refractivity contribution is 0.584. The molecular weight excluding hydrogens is 313 g/mol. The molecule has 1 heterocycles. The normalized spacial score (nSPS) is 12.6. The van der Waals surface area contributed by atoms with Crippen LogP contribution in [-0.2, 0) is 0 Å². The smallest absolute Gasteiger partial charge is 0.123 e. The molecule has 1 atom stereocenters. The summed E-state index contributed by atoms with van der Waals surface area (Å²) < 4.78 is 14.4. The van der Waals surface area contributed by atoms with Gasteiger partial charge in [0.25, 0.3) is 0 Å². The van der Waals surface area contributed by atoms with Gasteiger partial charge >= 0.3 is 0 Å². The topological polar surface area (TPSA) is 12.0 Å². The van der Waals surface area contributed by atoms with Gasteiger partial charge in [0.1, 0.15) is 5.82 Å². The van der Waals surface area contributed by atoms with Crippen molar-refractivity contribution in [2.24, 2.45) is 0 Å². The van der Waals surface area contributed by atoms with E-state index in [1.807, 2.05) is 5.38 Å². The van der Waals surface area contributed by atoms with Crippen molar-refractivity contribution in [2.75, 3.05) is 6.54 Å². The number of rotatable bonds is 5. The molecule has 1 nitrogen and oxygen atoms in total. The standard InChI is InChI=1S/C14H15BrFNS/c1-2-6-17-14(10-5-7-18-9-10)12-8-11(16)3-4-13(12)15/h3-5,7-9,14,17H,2,6H2,1H3. The van der Waals surface area contributed by atoms with Gasteiger partial charge in [-0.05, 0) is 59.1 Å². The minimum atomic E-state index is -0.202. The molecule has 0 radical (unpaired) electrons. The molecule has 0 aliphatic carbocycles. The molecular formula is C14H15BrFNS. The SMILES string of the molecule is CCCNC(c1ccsc1)c1cc(F)ccc1Br. The molecule has 0 fully saturated rings. The summed E-state index contributed by atoms with van der Waals surface area (Å²) >= 11 is 5.16. The van der Waals surface area contributed by atoms with Crippen molar-refractivity contribution in [3.8, 4) is 0 Å². The van der Waals surface area contributed by atoms with Crippen LogP contribution in [0.3, 0.4) is 0 Å². The van der Waals surface area contributed by atoms with E-state index in [0.717, 1.165) is 23.0 Å². The molecule has 0 amide bonds. The highest BCUT2D eigenvalue weighted by molar-refractivity contribution is 9.10. The Hall–Kier alpha value is -0.710. The number of hydrogen-bond donors (Lipinski definition) is 1. The Labute approximate surface area is 119 Å². The summed E-state index contributed by atoms with van der Waals surface area (Å²) in [6.45, 7) is 3.03. The van der Waals surface area contributed by atoms with Crippen LogP contribution in [0.5, 0.6) is 0 Å². The van der Waals surface area contributed by atoms with Crippen LogP contribution in [0.2, 0.25) is 0 Å². The summed E-state index contributed by atoms with van der Waals surface area (Å²) in [6, 6.07) is 6.95. The molecule has 0 spiro atoms. The Bertz CT molecular complexity index is 499. The van der Waals surface area contributed by atoms with Crippen LogP contribution in [0.4, 0.5) is 4.39 Å². The van der Waals surface area contributed by atoms with Crippen molar-refractivity contribution in [1.29, 1.82) is 0 Å². The molecule has 0 saturated heterocycles. The highest BCUT2D eigenvalue weighted by Gasteiger charge is 2.17. The van der Waals surface area contributed by atoms with Crippen LogP contribution in [0, 0.1) is 5.82 Å². The zero-order valence-electron chi connectivity index (χ0n) is 10.1. The van der Waals surface area contributed by atoms with Gasteiger partial charge in [-0.2, -0.15) is 11.3 Å². The summed E-state index contributed by atoms with van der Waals surface area (Å²) in [7, 11) is 0. The molecule has 1 aromatic carbocycles. The highest BCUT2D eigenvalue weighted by Crippen LogP contribution is 2.30. The van der Waals surface area contributed by atoms with E-state index in [1.54, 1.807) is 23.5 Å². The molecule has 18 heavy (non-hydrogen) atoms. The van der Waals surface area contributed by atoms with Gasteiger partial charge in [0.15, 0.2) is 0 Å². The van der Waals surface area contributed by atoms with Crippen LogP contribution < -0.4 is 5.32 Å². The van der Waals surface area contributed by atoms with E-state index in [4.69, 9.17) is 0 Å². The third-order valence-corrected chi connectivity index (χ3v) is 4.17. The highest BCUT2D eigenvalue weighted by atomic mass is 79.9. The summed E-state index contributed by atoms with van der Waals surface area (Å²) in [5, 5.41) is 7.61. The number of thiophene rings is 1. The van der Waals surface area contributed by atoms with Gasteiger partial charge in [-0.1, -0.05) is 22.9 Å². The molecule has 0 aliphatic rings. The Morgan fingerprint density at radius 3 is 2.89 bits per heavy atom. The largest absolute Gasteiger partial charge is 0.306 e. The first-order valence-corrected chi connectivity index (χ1v) is 7.66. The van der Waals surface area contributed by atoms with Crippen LogP contribution in [0.25, 0.3) is 0 Å². The summed E-state index contributed by atoms with van der Waals surface area (Å²) in [4.78, 5) is 0. The number of nitrogens with one attached hydrogen (secondary N) is 1. The fraction of sp³-hybridized carbons (Fsp3) is 0.286. The van der Waals surface area contributed by atoms with E-state index in [2.05, 4.69) is 39.6 Å². The maximum Gasteiger partial charge on any atom is 0.123 e. The minimum absolute atomic E-state index is 0.0428. The average Bonchev–Trinajstić information content (AvgIpc) is 2.88. The van der Waals surface area contributed by atoms with Gasteiger partial charge in [-0.3, -0.25) is 0 Å². The summed E-state index contributed by atoms with van der Waals surface area (Å²) in [5.41, 5.74) is 2.13. The maximum atomic E-state index is 13.4. The Morgan fingerprint density at radius 1 is 1.39 bits per heavy atom. The van der Waals surface area contributed by atoms with Gasteiger partial charge in [-0.25, -0.2) is 4.39 Å².